The molecular weight excluding hydrogens is 260 g/mol. The van der Waals surface area contributed by atoms with Gasteiger partial charge < -0.3 is 9.84 Å². The van der Waals surface area contributed by atoms with Crippen LogP contribution in [-0.4, -0.2) is 11.2 Å². The quantitative estimate of drug-likeness (QED) is 0.784. The lowest BCUT2D eigenvalue weighted by Crippen LogP contribution is -2.18. The third-order valence-electron chi connectivity index (χ3n) is 5.06. The van der Waals surface area contributed by atoms with Crippen LogP contribution in [0.5, 0.6) is 11.5 Å². The molecule has 0 bridgehead atoms. The first-order valence-corrected chi connectivity index (χ1v) is 8.23. The topological polar surface area (TPSA) is 29.5 Å². The highest BCUT2D eigenvalue weighted by Gasteiger charge is 2.37. The highest BCUT2D eigenvalue weighted by molar-refractivity contribution is 5.54. The normalized spacial score (nSPS) is 23.6. The van der Waals surface area contributed by atoms with E-state index in [1.807, 2.05) is 6.07 Å². The highest BCUT2D eigenvalue weighted by atomic mass is 16.5. The van der Waals surface area contributed by atoms with Crippen LogP contribution in [0.25, 0.3) is 0 Å². The van der Waals surface area contributed by atoms with Crippen molar-refractivity contribution in [2.45, 2.75) is 70.3 Å². The lowest BCUT2D eigenvalue weighted by atomic mass is 9.78. The van der Waals surface area contributed by atoms with Crippen LogP contribution < -0.4 is 4.74 Å². The molecule has 2 aliphatic rings. The number of unbranched alkanes of at least 4 members (excludes halogenated alkanes) is 1. The van der Waals surface area contributed by atoms with Crippen LogP contribution in [-0.2, 0) is 5.41 Å². The van der Waals surface area contributed by atoms with E-state index in [0.717, 1.165) is 30.6 Å². The van der Waals surface area contributed by atoms with Gasteiger partial charge in [-0.1, -0.05) is 39.7 Å². The molecule has 1 aromatic rings. The molecule has 3 rings (SSSR count). The van der Waals surface area contributed by atoms with Crippen LogP contribution in [0.1, 0.15) is 69.9 Å². The Balaban J connectivity index is 1.95. The van der Waals surface area contributed by atoms with E-state index < -0.39 is 0 Å². The molecule has 0 saturated carbocycles. The van der Waals surface area contributed by atoms with Gasteiger partial charge in [0.15, 0.2) is 0 Å². The molecular formula is C19H26O2. The van der Waals surface area contributed by atoms with Gasteiger partial charge in [0.2, 0.25) is 0 Å². The first-order valence-electron chi connectivity index (χ1n) is 8.23. The van der Waals surface area contributed by atoms with E-state index in [1.165, 1.54) is 18.4 Å². The lowest BCUT2D eigenvalue weighted by Gasteiger charge is -2.26. The third kappa shape index (κ3) is 2.56. The van der Waals surface area contributed by atoms with Crippen LogP contribution in [0.4, 0.5) is 0 Å². The van der Waals surface area contributed by atoms with E-state index >= 15 is 0 Å². The van der Waals surface area contributed by atoms with Crippen LogP contribution in [0.3, 0.4) is 0 Å². The van der Waals surface area contributed by atoms with Gasteiger partial charge in [-0.3, -0.25) is 0 Å². The van der Waals surface area contributed by atoms with Gasteiger partial charge in [0, 0.05) is 11.5 Å². The Kier molecular flexibility index (Phi) is 3.73. The van der Waals surface area contributed by atoms with E-state index in [-0.39, 0.29) is 11.5 Å². The van der Waals surface area contributed by atoms with E-state index in [0.29, 0.717) is 11.7 Å². The summed E-state index contributed by atoms with van der Waals surface area (Å²) >= 11 is 0. The predicted molar refractivity (Wildman–Crippen MR) is 86.2 cm³/mol. The molecule has 114 valence electrons. The summed E-state index contributed by atoms with van der Waals surface area (Å²) in [4.78, 5) is 0. The zero-order chi connectivity index (χ0) is 15.0. The van der Waals surface area contributed by atoms with Gasteiger partial charge >= 0.3 is 0 Å². The van der Waals surface area contributed by atoms with Crippen molar-refractivity contribution in [1.82, 2.24) is 0 Å². The molecule has 1 aliphatic carbocycles. The molecule has 0 fully saturated rings. The predicted octanol–water partition coefficient (Wildman–Crippen LogP) is 5.05. The number of phenols is 1. The summed E-state index contributed by atoms with van der Waals surface area (Å²) in [6.07, 6.45) is 10.1. The van der Waals surface area contributed by atoms with Crippen molar-refractivity contribution in [2.24, 2.45) is 0 Å². The minimum atomic E-state index is 0.0789. The summed E-state index contributed by atoms with van der Waals surface area (Å²) in [6, 6.07) is 4.13. The first kappa shape index (κ1) is 14.5. The number of ether oxygens (including phenoxy) is 1. The Morgan fingerprint density at radius 1 is 1.33 bits per heavy atom. The maximum atomic E-state index is 10.5. The van der Waals surface area contributed by atoms with E-state index in [1.54, 1.807) is 0 Å². The molecule has 0 amide bonds. The van der Waals surface area contributed by atoms with Crippen molar-refractivity contribution in [3.8, 4) is 11.5 Å². The van der Waals surface area contributed by atoms with E-state index in [9.17, 15) is 5.11 Å². The first-order chi connectivity index (χ1) is 10.0. The van der Waals surface area contributed by atoms with Gasteiger partial charge in [0.05, 0.1) is 0 Å². The van der Waals surface area contributed by atoms with Gasteiger partial charge in [0.1, 0.15) is 17.6 Å². The van der Waals surface area contributed by atoms with Crippen LogP contribution in [0.2, 0.25) is 0 Å². The molecule has 0 aromatic heterocycles. The maximum Gasteiger partial charge on any atom is 0.127 e. The molecule has 0 radical (unpaired) electrons. The smallest absolute Gasteiger partial charge is 0.127 e. The fraction of sp³-hybridized carbons (Fsp3) is 0.579. The fourth-order valence-electron chi connectivity index (χ4n) is 3.62. The Hall–Kier alpha value is -1.44. The lowest BCUT2D eigenvalue weighted by molar-refractivity contribution is 0.243. The molecule has 2 unspecified atom stereocenters. The number of benzene rings is 1. The average Bonchev–Trinajstić information content (AvgIpc) is 2.84. The number of phenolic OH excluding ortho intramolecular Hbond substituents is 1. The van der Waals surface area contributed by atoms with E-state index in [2.05, 4.69) is 39.0 Å². The number of hydrogen-bond acceptors (Lipinski definition) is 2. The Bertz CT molecular complexity index is 557. The summed E-state index contributed by atoms with van der Waals surface area (Å²) < 4.78 is 6.09. The molecule has 2 nitrogen and oxygen atoms in total. The largest absolute Gasteiger partial charge is 0.508 e. The Morgan fingerprint density at radius 2 is 2.14 bits per heavy atom. The summed E-state index contributed by atoms with van der Waals surface area (Å²) in [5, 5.41) is 10.5. The van der Waals surface area contributed by atoms with Crippen molar-refractivity contribution in [3.05, 3.63) is 35.4 Å². The molecule has 1 N–H and O–H groups in total. The molecule has 1 aromatic carbocycles. The van der Waals surface area contributed by atoms with Gasteiger partial charge in [-0.2, -0.15) is 0 Å². The zero-order valence-electron chi connectivity index (χ0n) is 13.4. The minimum Gasteiger partial charge on any atom is -0.508 e. The molecule has 2 heteroatoms. The summed E-state index contributed by atoms with van der Waals surface area (Å²) in [6.45, 7) is 6.73. The maximum absolute atomic E-state index is 10.5. The summed E-state index contributed by atoms with van der Waals surface area (Å²) in [5.74, 6) is 1.66. The monoisotopic (exact) mass is 286 g/mol. The highest BCUT2D eigenvalue weighted by Crippen LogP contribution is 2.49. The van der Waals surface area contributed by atoms with E-state index in [4.69, 9.17) is 4.74 Å². The number of rotatable bonds is 4. The SMILES string of the molecule is CCCCC(C)(C)c1cc(O)c2c(c1)OC1C=CCCC21. The summed E-state index contributed by atoms with van der Waals surface area (Å²) in [7, 11) is 0. The van der Waals surface area contributed by atoms with Crippen LogP contribution in [0, 0.1) is 0 Å². The number of aromatic hydroxyl groups is 1. The molecule has 2 atom stereocenters. The van der Waals surface area contributed by atoms with Crippen molar-refractivity contribution >= 4 is 0 Å². The molecule has 0 spiro atoms. The van der Waals surface area contributed by atoms with Crippen molar-refractivity contribution in [1.29, 1.82) is 0 Å². The minimum absolute atomic E-state index is 0.0789. The molecule has 1 heterocycles. The van der Waals surface area contributed by atoms with Crippen LogP contribution >= 0.6 is 0 Å². The fourth-order valence-corrected chi connectivity index (χ4v) is 3.62. The third-order valence-corrected chi connectivity index (χ3v) is 5.06. The zero-order valence-corrected chi connectivity index (χ0v) is 13.4. The van der Waals surface area contributed by atoms with Crippen molar-refractivity contribution in [2.75, 3.05) is 0 Å². The molecule has 1 aliphatic heterocycles. The van der Waals surface area contributed by atoms with Crippen LogP contribution in [0.15, 0.2) is 24.3 Å². The van der Waals surface area contributed by atoms with Gasteiger partial charge in [-0.05, 0) is 48.4 Å². The van der Waals surface area contributed by atoms with Crippen molar-refractivity contribution in [3.63, 3.8) is 0 Å². The number of fused-ring (bicyclic) bond motifs is 3. The summed E-state index contributed by atoms with van der Waals surface area (Å²) in [5.41, 5.74) is 2.30. The second-order valence-corrected chi connectivity index (χ2v) is 7.09. The van der Waals surface area contributed by atoms with Gasteiger partial charge in [-0.25, -0.2) is 0 Å². The Morgan fingerprint density at radius 3 is 2.90 bits per heavy atom. The second kappa shape index (κ2) is 5.40. The van der Waals surface area contributed by atoms with Gasteiger partial charge in [-0.15, -0.1) is 0 Å². The molecule has 0 saturated heterocycles. The number of hydrogen-bond donors (Lipinski definition) is 1. The number of allylic oxidation sites excluding steroid dienone is 1. The molecule has 21 heavy (non-hydrogen) atoms. The second-order valence-electron chi connectivity index (χ2n) is 7.09. The van der Waals surface area contributed by atoms with Gasteiger partial charge in [0.25, 0.3) is 0 Å². The average molecular weight is 286 g/mol. The Labute approximate surface area is 127 Å². The standard InChI is InChI=1S/C19H26O2/c1-4-5-10-19(2,3)13-11-15(20)18-14-8-6-7-9-16(14)21-17(18)12-13/h7,9,11-12,14,16,20H,4-6,8,10H2,1-3H3. The van der Waals surface area contributed by atoms with Crippen molar-refractivity contribution < 1.29 is 9.84 Å².